The Morgan fingerprint density at radius 2 is 2.06 bits per heavy atom. The van der Waals surface area contributed by atoms with Gasteiger partial charge in [-0.1, -0.05) is 55.6 Å². The Bertz CT molecular complexity index is 1270. The van der Waals surface area contributed by atoms with Crippen LogP contribution in [0.1, 0.15) is 25.1 Å². The highest BCUT2D eigenvalue weighted by atomic mass is 32.2. The Morgan fingerprint density at radius 1 is 1.24 bits per heavy atom. The fourth-order valence-corrected chi connectivity index (χ4v) is 4.42. The second kappa shape index (κ2) is 9.87. The monoisotopic (exact) mass is 461 g/mol. The van der Waals surface area contributed by atoms with E-state index >= 15 is 0 Å². The van der Waals surface area contributed by atoms with Crippen molar-refractivity contribution in [3.63, 3.8) is 0 Å². The van der Waals surface area contributed by atoms with Gasteiger partial charge in [0.1, 0.15) is 12.4 Å². The fraction of sp³-hybridized carbons (Fsp3) is 0.200. The Balaban J connectivity index is 1.98. The molecule has 0 spiro atoms. The van der Waals surface area contributed by atoms with Crippen LogP contribution in [0.15, 0.2) is 83.8 Å². The number of thioether (sulfide) groups is 1. The van der Waals surface area contributed by atoms with Crippen LogP contribution in [-0.4, -0.2) is 28.3 Å². The molecule has 1 aliphatic rings. The lowest BCUT2D eigenvalue weighted by Crippen LogP contribution is -2.60. The van der Waals surface area contributed by atoms with Crippen molar-refractivity contribution in [1.82, 2.24) is 10.1 Å². The molecule has 1 aromatic heterocycles. The number of fused-ring (bicyclic) bond motifs is 3. The summed E-state index contributed by atoms with van der Waals surface area (Å²) in [4.78, 5) is 31.1. The van der Waals surface area contributed by atoms with Gasteiger partial charge >= 0.3 is 11.3 Å². The molecule has 2 heterocycles. The van der Waals surface area contributed by atoms with E-state index in [-0.39, 0.29) is 11.5 Å². The smallest absolute Gasteiger partial charge is 0.325 e. The summed E-state index contributed by atoms with van der Waals surface area (Å²) in [6.45, 7) is 9.61. The molecule has 7 nitrogen and oxygen atoms in total. The number of aromatic amines is 1. The van der Waals surface area contributed by atoms with Crippen molar-refractivity contribution in [1.29, 1.82) is 0 Å². The first-order valence-corrected chi connectivity index (χ1v) is 11.6. The highest BCUT2D eigenvalue weighted by Gasteiger charge is 2.45. The third kappa shape index (κ3) is 4.34. The van der Waals surface area contributed by atoms with E-state index in [1.165, 1.54) is 11.8 Å². The van der Waals surface area contributed by atoms with Crippen molar-refractivity contribution < 1.29 is 14.2 Å². The average molecular weight is 462 g/mol. The van der Waals surface area contributed by atoms with Crippen LogP contribution in [0, 0.1) is 0 Å². The lowest BCUT2D eigenvalue weighted by molar-refractivity contribution is -0.763. The average Bonchev–Trinajstić information content (AvgIpc) is 2.84. The molecular formula is C25H25N4O3S+. The second-order valence-corrected chi connectivity index (χ2v) is 8.34. The van der Waals surface area contributed by atoms with Gasteiger partial charge in [0.25, 0.3) is 6.17 Å². The maximum atomic E-state index is 13.3. The zero-order valence-electron chi connectivity index (χ0n) is 18.4. The van der Waals surface area contributed by atoms with Crippen molar-refractivity contribution in [2.24, 2.45) is 0 Å². The molecule has 33 heavy (non-hydrogen) atoms. The van der Waals surface area contributed by atoms with Crippen molar-refractivity contribution in [3.8, 4) is 17.0 Å². The third-order valence-corrected chi connectivity index (χ3v) is 6.05. The quantitative estimate of drug-likeness (QED) is 0.313. The minimum absolute atomic E-state index is 0.0783. The molecule has 2 aromatic carbocycles. The summed E-state index contributed by atoms with van der Waals surface area (Å²) in [6.07, 6.45) is 3.06. The van der Waals surface area contributed by atoms with E-state index in [1.54, 1.807) is 21.7 Å². The van der Waals surface area contributed by atoms with E-state index in [4.69, 9.17) is 9.84 Å². The highest BCUT2D eigenvalue weighted by Crippen LogP contribution is 2.38. The number of ether oxygens (including phenoxy) is 1. The Kier molecular flexibility index (Phi) is 6.74. The molecule has 0 bridgehead atoms. The number of para-hydroxylation sites is 1. The van der Waals surface area contributed by atoms with Crippen LogP contribution < -0.4 is 19.9 Å². The molecule has 8 heteroatoms. The zero-order valence-corrected chi connectivity index (χ0v) is 19.2. The Labute approximate surface area is 196 Å². The summed E-state index contributed by atoms with van der Waals surface area (Å²) in [5, 5.41) is 5.21. The van der Waals surface area contributed by atoms with Gasteiger partial charge in [0.15, 0.2) is 0 Å². The van der Waals surface area contributed by atoms with Gasteiger partial charge in [-0.3, -0.25) is 14.6 Å². The van der Waals surface area contributed by atoms with Gasteiger partial charge in [-0.15, -0.1) is 6.58 Å². The minimum Gasteiger partial charge on any atom is -0.490 e. The number of rotatable bonds is 8. The van der Waals surface area contributed by atoms with Gasteiger partial charge in [-0.2, -0.15) is 0 Å². The van der Waals surface area contributed by atoms with Crippen molar-refractivity contribution in [2.75, 3.05) is 17.3 Å². The molecule has 3 aromatic rings. The molecule has 0 radical (unpaired) electrons. The lowest BCUT2D eigenvalue weighted by Gasteiger charge is -2.32. The maximum Gasteiger partial charge on any atom is 0.325 e. The van der Waals surface area contributed by atoms with Crippen molar-refractivity contribution in [3.05, 3.63) is 89.8 Å². The number of aromatic nitrogens is 3. The molecule has 0 fully saturated rings. The Morgan fingerprint density at radius 3 is 2.82 bits per heavy atom. The number of hydrogen-bond acceptors (Lipinski definition) is 5. The van der Waals surface area contributed by atoms with Crippen LogP contribution in [-0.2, 0) is 4.79 Å². The van der Waals surface area contributed by atoms with E-state index in [9.17, 15) is 9.59 Å². The van der Waals surface area contributed by atoms with E-state index in [2.05, 4.69) is 18.1 Å². The molecule has 168 valence electrons. The van der Waals surface area contributed by atoms with Gasteiger partial charge < -0.3 is 4.74 Å². The van der Waals surface area contributed by atoms with Gasteiger partial charge in [-0.25, -0.2) is 4.90 Å². The summed E-state index contributed by atoms with van der Waals surface area (Å²) in [5.41, 5.74) is 2.24. The van der Waals surface area contributed by atoms with Crippen LogP contribution >= 0.6 is 11.8 Å². The molecule has 1 atom stereocenters. The van der Waals surface area contributed by atoms with Gasteiger partial charge in [0, 0.05) is 22.8 Å². The number of anilines is 1. The first-order valence-electron chi connectivity index (χ1n) is 10.6. The summed E-state index contributed by atoms with van der Waals surface area (Å²) in [7, 11) is 0. The molecular weight excluding hydrogens is 436 g/mol. The van der Waals surface area contributed by atoms with Gasteiger partial charge in [0.2, 0.25) is 11.1 Å². The second-order valence-electron chi connectivity index (χ2n) is 7.33. The summed E-state index contributed by atoms with van der Waals surface area (Å²) in [6, 6.07) is 14.9. The molecule has 1 aliphatic heterocycles. The fourth-order valence-electron chi connectivity index (χ4n) is 3.84. The van der Waals surface area contributed by atoms with Crippen molar-refractivity contribution >= 4 is 23.4 Å². The lowest BCUT2D eigenvalue weighted by atomic mass is 10.0. The van der Waals surface area contributed by atoms with Gasteiger partial charge in [0.05, 0.1) is 11.3 Å². The number of nitrogens with one attached hydrogen (secondary N) is 1. The normalized spacial score (nSPS) is 14.2. The highest BCUT2D eigenvalue weighted by molar-refractivity contribution is 7.99. The van der Waals surface area contributed by atoms with Crippen LogP contribution in [0.2, 0.25) is 0 Å². The predicted octanol–water partition coefficient (Wildman–Crippen LogP) is 3.87. The molecule has 0 unspecified atom stereocenters. The summed E-state index contributed by atoms with van der Waals surface area (Å²) < 4.78 is 7.38. The predicted molar refractivity (Wildman–Crippen MR) is 129 cm³/mol. The number of H-pyrrole nitrogens is 1. The first kappa shape index (κ1) is 22.5. The molecule has 0 saturated heterocycles. The largest absolute Gasteiger partial charge is 0.490 e. The number of carbonyl (C=O) groups is 1. The topological polar surface area (TPSA) is 79.2 Å². The SMILES string of the molecule is C=CCOc1cccc([C@@H]2N(C(=O)CC)c3ccccc3-c3c(=O)[nH]c(SCC=C)n[n+]32)c1. The summed E-state index contributed by atoms with van der Waals surface area (Å²) in [5.74, 6) is 1.15. The Hall–Kier alpha value is -3.65. The number of hydrogen-bond donors (Lipinski definition) is 1. The maximum absolute atomic E-state index is 13.3. The number of amides is 1. The van der Waals surface area contributed by atoms with Gasteiger partial charge in [-0.05, 0) is 35.0 Å². The standard InChI is InChI=1S/C25H24N4O3S/c1-4-14-32-18-11-9-10-17(16-18)24-28(21(30)6-3)20-13-8-7-12-19(20)22-23(31)26-25(27-29(22)24)33-15-5-2/h4-5,7-13,16,24H,1-2,6,14-15H2,3H3/p+1/t24-/m1/s1. The van der Waals surface area contributed by atoms with E-state index < -0.39 is 6.17 Å². The minimum atomic E-state index is -0.653. The van der Waals surface area contributed by atoms with E-state index in [0.717, 1.165) is 5.56 Å². The third-order valence-electron chi connectivity index (χ3n) is 5.19. The number of benzene rings is 2. The van der Waals surface area contributed by atoms with Crippen LogP contribution in [0.4, 0.5) is 5.69 Å². The van der Waals surface area contributed by atoms with E-state index in [0.29, 0.717) is 46.6 Å². The number of nitrogens with zero attached hydrogens (tertiary/aromatic N) is 3. The molecule has 1 N–H and O–H groups in total. The first-order chi connectivity index (χ1) is 16.1. The van der Waals surface area contributed by atoms with Crippen LogP contribution in [0.25, 0.3) is 11.3 Å². The molecule has 1 amide bonds. The molecule has 0 saturated carbocycles. The zero-order chi connectivity index (χ0) is 23.4. The molecule has 4 rings (SSSR count). The summed E-state index contributed by atoms with van der Waals surface area (Å²) >= 11 is 1.37. The van der Waals surface area contributed by atoms with Crippen molar-refractivity contribution in [2.45, 2.75) is 24.7 Å². The molecule has 0 aliphatic carbocycles. The number of carbonyl (C=O) groups excluding carboxylic acids is 1. The van der Waals surface area contributed by atoms with Crippen LogP contribution in [0.3, 0.4) is 0 Å². The van der Waals surface area contributed by atoms with E-state index in [1.807, 2.05) is 55.5 Å². The van der Waals surface area contributed by atoms with Crippen LogP contribution in [0.5, 0.6) is 5.75 Å².